The maximum atomic E-state index is 15.8. The number of aliphatic hydroxyl groups is 4. The molecule has 418 valence electrons. The quantitative estimate of drug-likeness (QED) is 0.130. The lowest BCUT2D eigenvalue weighted by atomic mass is 9.75. The molecular formula is C56H70N2O19. The van der Waals surface area contributed by atoms with Crippen molar-refractivity contribution in [2.75, 3.05) is 55.1 Å². The highest BCUT2D eigenvalue weighted by molar-refractivity contribution is 5.88. The van der Waals surface area contributed by atoms with Gasteiger partial charge >= 0.3 is 23.9 Å². The molecule has 2 aliphatic carbocycles. The van der Waals surface area contributed by atoms with Gasteiger partial charge in [-0.15, -0.1) is 0 Å². The standard InChI is InChI=1S/C56H70N2O19/c1-51(2,64)13-15-55(66,26-42(59)70-7)49(62)76-46-40(68-5)24-53-12-9-35(57(53)17-10-30-19-36-38(74-28-72-36)21-32(30)44(46)53)34-23-54-25-41(69-6)47(77-50(63)56(67,27-43(60)71-8)16-14-52(3,4)65)45(54)33-22-39-37(73-29-75-39)20-31(33)11-18-58(54)48(34)61/h19-22,24-25,34-35,44-47,64-67H,9-18,23,26-29H2,1-8H3. The number of hydrogen-bond donors (Lipinski definition) is 4. The van der Waals surface area contributed by atoms with Gasteiger partial charge in [0.2, 0.25) is 19.5 Å². The molecule has 6 aliphatic heterocycles. The fourth-order valence-corrected chi connectivity index (χ4v) is 13.5. The number of methoxy groups -OCH3 is 4. The van der Waals surface area contributed by atoms with Gasteiger partial charge in [0.1, 0.15) is 11.5 Å². The Balaban J connectivity index is 1.04. The van der Waals surface area contributed by atoms with Crippen LogP contribution in [0.4, 0.5) is 0 Å². The van der Waals surface area contributed by atoms with Crippen molar-refractivity contribution in [1.82, 2.24) is 9.80 Å². The van der Waals surface area contributed by atoms with Crippen LogP contribution < -0.4 is 18.9 Å². The Morgan fingerprint density at radius 3 is 1.53 bits per heavy atom. The van der Waals surface area contributed by atoms with Crippen molar-refractivity contribution in [3.05, 3.63) is 70.2 Å². The summed E-state index contributed by atoms with van der Waals surface area (Å²) in [5, 5.41) is 45.5. The normalized spacial score (nSPS) is 29.1. The van der Waals surface area contributed by atoms with Crippen molar-refractivity contribution in [3.63, 3.8) is 0 Å². The number of rotatable bonds is 17. The van der Waals surface area contributed by atoms with Gasteiger partial charge in [-0.2, -0.15) is 0 Å². The van der Waals surface area contributed by atoms with E-state index < -0.39 is 106 Å². The number of carbonyl (C=O) groups excluding carboxylic acids is 5. The fraction of sp³-hybridized carbons (Fsp3) is 0.625. The molecule has 8 aliphatic rings. The van der Waals surface area contributed by atoms with Crippen LogP contribution in [0.25, 0.3) is 0 Å². The summed E-state index contributed by atoms with van der Waals surface area (Å²) in [7, 11) is 5.20. The lowest BCUT2D eigenvalue weighted by Crippen LogP contribution is -2.53. The monoisotopic (exact) mass is 1070 g/mol. The minimum absolute atomic E-state index is 0.00894. The summed E-state index contributed by atoms with van der Waals surface area (Å²) >= 11 is 0. The third kappa shape index (κ3) is 9.42. The van der Waals surface area contributed by atoms with E-state index in [-0.39, 0.29) is 63.9 Å². The Labute approximate surface area is 446 Å². The van der Waals surface area contributed by atoms with Crippen molar-refractivity contribution < 1.29 is 91.8 Å². The van der Waals surface area contributed by atoms with Crippen LogP contribution in [-0.4, -0.2) is 167 Å². The Kier molecular flexibility index (Phi) is 13.8. The van der Waals surface area contributed by atoms with Gasteiger partial charge in [-0.1, -0.05) is 0 Å². The van der Waals surface area contributed by atoms with Gasteiger partial charge in [0, 0.05) is 19.1 Å². The summed E-state index contributed by atoms with van der Waals surface area (Å²) in [6, 6.07) is 7.12. The van der Waals surface area contributed by atoms with Gasteiger partial charge in [-0.05, 0) is 144 Å². The minimum Gasteiger partial charge on any atom is -0.497 e. The van der Waals surface area contributed by atoms with Crippen molar-refractivity contribution in [1.29, 1.82) is 0 Å². The van der Waals surface area contributed by atoms with E-state index in [1.54, 1.807) is 0 Å². The van der Waals surface area contributed by atoms with Gasteiger partial charge in [0.15, 0.2) is 46.4 Å². The average Bonchev–Trinajstić information content (AvgIpc) is 4.27. The van der Waals surface area contributed by atoms with Crippen LogP contribution >= 0.6 is 0 Å². The SMILES string of the molecule is COC(=O)CC(O)(CCC(C)(C)O)C(=O)OC1C(OC)=CC23CC(C4CCC56C=C(OC)C(OC(=O)C(O)(CCC(C)(C)O)CC(=O)OC)C5c5cc7c(cc5CCN46)OCO7)C(=O)N2CCc2cc4c(cc2C13)OCO4. The van der Waals surface area contributed by atoms with Crippen LogP contribution in [0.1, 0.15) is 120 Å². The van der Waals surface area contributed by atoms with Crippen molar-refractivity contribution in [3.8, 4) is 23.0 Å². The van der Waals surface area contributed by atoms with E-state index in [1.165, 1.54) is 41.9 Å². The Hall–Kier alpha value is -6.13. The van der Waals surface area contributed by atoms with Crippen LogP contribution in [0.5, 0.6) is 23.0 Å². The largest absolute Gasteiger partial charge is 0.497 e. The number of ether oxygens (including phenoxy) is 10. The highest BCUT2D eigenvalue weighted by Crippen LogP contribution is 2.62. The Morgan fingerprint density at radius 2 is 1.08 bits per heavy atom. The first-order valence-corrected chi connectivity index (χ1v) is 26.3. The molecule has 0 bridgehead atoms. The van der Waals surface area contributed by atoms with Crippen LogP contribution in [0.3, 0.4) is 0 Å². The van der Waals surface area contributed by atoms with Gasteiger partial charge in [0.05, 0.1) is 81.3 Å². The van der Waals surface area contributed by atoms with Crippen molar-refractivity contribution in [2.24, 2.45) is 5.92 Å². The summed E-state index contributed by atoms with van der Waals surface area (Å²) in [6.07, 6.45) is 1.23. The lowest BCUT2D eigenvalue weighted by Gasteiger charge is -2.42. The molecule has 0 aromatic heterocycles. The molecule has 10 atom stereocenters. The molecule has 2 aromatic rings. The summed E-state index contributed by atoms with van der Waals surface area (Å²) in [4.78, 5) is 74.8. The fourth-order valence-electron chi connectivity index (χ4n) is 13.5. The topological polar surface area (TPSA) is 265 Å². The number of fused-ring (bicyclic) bond motifs is 6. The van der Waals surface area contributed by atoms with Crippen LogP contribution in [0, 0.1) is 5.92 Å². The predicted octanol–water partition coefficient (Wildman–Crippen LogP) is 3.52. The Bertz CT molecular complexity index is 2800. The molecule has 77 heavy (non-hydrogen) atoms. The van der Waals surface area contributed by atoms with Crippen LogP contribution in [-0.2, 0) is 65.2 Å². The first kappa shape index (κ1) is 54.2. The summed E-state index contributed by atoms with van der Waals surface area (Å²) < 4.78 is 58.4. The number of hydrogen-bond acceptors (Lipinski definition) is 20. The maximum Gasteiger partial charge on any atom is 0.339 e. The molecule has 2 fully saturated rings. The molecule has 0 saturated carbocycles. The highest BCUT2D eigenvalue weighted by Gasteiger charge is 2.68. The average molecular weight is 1080 g/mol. The smallest absolute Gasteiger partial charge is 0.339 e. The van der Waals surface area contributed by atoms with Crippen LogP contribution in [0.15, 0.2) is 47.9 Å². The van der Waals surface area contributed by atoms with Gasteiger partial charge in [0.25, 0.3) is 0 Å². The van der Waals surface area contributed by atoms with Gasteiger partial charge in [-0.3, -0.25) is 19.3 Å². The lowest BCUT2D eigenvalue weighted by molar-refractivity contribution is -0.179. The van der Waals surface area contributed by atoms with E-state index in [2.05, 4.69) is 4.90 Å². The Morgan fingerprint density at radius 1 is 0.636 bits per heavy atom. The summed E-state index contributed by atoms with van der Waals surface area (Å²) in [5.74, 6) is -3.75. The molecule has 6 heterocycles. The zero-order valence-electron chi connectivity index (χ0n) is 44.8. The number of amides is 1. The summed E-state index contributed by atoms with van der Waals surface area (Å²) in [6.45, 7) is 6.81. The number of carbonyl (C=O) groups is 5. The molecule has 1 amide bonds. The van der Waals surface area contributed by atoms with Crippen LogP contribution in [0.2, 0.25) is 0 Å². The highest BCUT2D eigenvalue weighted by atomic mass is 16.7. The number of nitrogens with zero attached hydrogens (tertiary/aromatic N) is 2. The number of esters is 4. The van der Waals surface area contributed by atoms with E-state index >= 15 is 4.79 Å². The molecule has 2 saturated heterocycles. The third-order valence-electron chi connectivity index (χ3n) is 17.4. The second-order valence-corrected chi connectivity index (χ2v) is 23.2. The zero-order valence-corrected chi connectivity index (χ0v) is 44.8. The predicted molar refractivity (Wildman–Crippen MR) is 267 cm³/mol. The third-order valence-corrected chi connectivity index (χ3v) is 17.4. The van der Waals surface area contributed by atoms with E-state index in [0.29, 0.717) is 66.5 Å². The van der Waals surface area contributed by atoms with E-state index in [0.717, 1.165) is 30.9 Å². The molecule has 10 rings (SSSR count). The van der Waals surface area contributed by atoms with E-state index in [9.17, 15) is 39.6 Å². The minimum atomic E-state index is -2.42. The van der Waals surface area contributed by atoms with Gasteiger partial charge in [-0.25, -0.2) is 9.59 Å². The second-order valence-electron chi connectivity index (χ2n) is 23.2. The van der Waals surface area contributed by atoms with Crippen molar-refractivity contribution in [2.45, 2.75) is 162 Å². The summed E-state index contributed by atoms with van der Waals surface area (Å²) in [5.41, 5.74) is -6.37. The number of benzene rings is 2. The molecule has 10 unspecified atom stereocenters. The molecule has 0 radical (unpaired) electrons. The first-order valence-electron chi connectivity index (χ1n) is 26.3. The van der Waals surface area contributed by atoms with Gasteiger partial charge < -0.3 is 72.7 Å². The molecule has 4 N–H and O–H groups in total. The molecule has 21 heteroatoms. The van der Waals surface area contributed by atoms with E-state index in [4.69, 9.17) is 47.4 Å². The van der Waals surface area contributed by atoms with E-state index in [1.807, 2.05) is 41.3 Å². The zero-order chi connectivity index (χ0) is 55.2. The first-order chi connectivity index (χ1) is 36.4. The maximum absolute atomic E-state index is 15.8. The molecule has 21 nitrogen and oxygen atoms in total. The van der Waals surface area contributed by atoms with Crippen molar-refractivity contribution >= 4 is 29.8 Å². The molecule has 2 aromatic carbocycles. The molecule has 2 spiro atoms. The second kappa shape index (κ2) is 19.6. The molecular weight excluding hydrogens is 1000 g/mol.